The Morgan fingerprint density at radius 3 is 2.53 bits per heavy atom. The van der Waals surface area contributed by atoms with E-state index in [0.29, 0.717) is 12.8 Å². The zero-order chi connectivity index (χ0) is 14.4. The summed E-state index contributed by atoms with van der Waals surface area (Å²) >= 11 is 5.53. The second-order valence-electron chi connectivity index (χ2n) is 4.74. The van der Waals surface area contributed by atoms with Crippen molar-refractivity contribution in [2.24, 2.45) is 0 Å². The van der Waals surface area contributed by atoms with Crippen molar-refractivity contribution in [2.75, 3.05) is 0 Å². The summed E-state index contributed by atoms with van der Waals surface area (Å²) < 4.78 is 40.0. The van der Waals surface area contributed by atoms with E-state index in [1.165, 1.54) is 0 Å². The van der Waals surface area contributed by atoms with Crippen molar-refractivity contribution in [2.45, 2.75) is 30.2 Å². The van der Waals surface area contributed by atoms with Crippen molar-refractivity contribution >= 4 is 27.6 Å². The smallest absolute Gasteiger partial charge is 0.338 e. The highest BCUT2D eigenvalue weighted by Gasteiger charge is 2.41. The van der Waals surface area contributed by atoms with Gasteiger partial charge in [0.15, 0.2) is 5.82 Å². The maximum atomic E-state index is 13.4. The topological polar surface area (TPSA) is 83.5 Å². The van der Waals surface area contributed by atoms with Crippen LogP contribution in [0.2, 0.25) is 5.02 Å². The number of hydrogen-bond acceptors (Lipinski definition) is 3. The van der Waals surface area contributed by atoms with Crippen LogP contribution in [0.4, 0.5) is 4.39 Å². The van der Waals surface area contributed by atoms with E-state index in [9.17, 15) is 17.6 Å². The van der Waals surface area contributed by atoms with Crippen LogP contribution < -0.4 is 4.72 Å². The SMILES string of the molecule is CC1(NS(=O)(=O)c2cc(Cl)c(F)c(C(=O)O)c2)CC1. The average molecular weight is 308 g/mol. The highest BCUT2D eigenvalue weighted by Crippen LogP contribution is 2.36. The molecule has 2 N–H and O–H groups in total. The summed E-state index contributed by atoms with van der Waals surface area (Å²) in [4.78, 5) is 10.5. The van der Waals surface area contributed by atoms with Crippen LogP contribution in [0.5, 0.6) is 0 Å². The zero-order valence-corrected chi connectivity index (χ0v) is 11.5. The minimum Gasteiger partial charge on any atom is -0.478 e. The van der Waals surface area contributed by atoms with E-state index in [4.69, 9.17) is 16.7 Å². The number of aromatic carboxylic acids is 1. The van der Waals surface area contributed by atoms with Gasteiger partial charge in [0.25, 0.3) is 0 Å². The molecule has 1 fully saturated rings. The first-order valence-corrected chi connectivity index (χ1v) is 7.27. The Hall–Kier alpha value is -1.18. The van der Waals surface area contributed by atoms with Gasteiger partial charge in [0.2, 0.25) is 10.0 Å². The number of nitrogens with one attached hydrogen (secondary N) is 1. The molecule has 0 unspecified atom stereocenters. The molecule has 0 aromatic heterocycles. The number of carboxylic acids is 1. The Labute approximate surface area is 114 Å². The molecule has 0 saturated heterocycles. The molecule has 0 amide bonds. The summed E-state index contributed by atoms with van der Waals surface area (Å²) in [6.07, 6.45) is 1.40. The molecule has 1 aromatic rings. The number of carboxylic acid groups (broad SMARTS) is 1. The number of hydrogen-bond donors (Lipinski definition) is 2. The first-order chi connectivity index (χ1) is 8.65. The Morgan fingerprint density at radius 1 is 1.47 bits per heavy atom. The Morgan fingerprint density at radius 2 is 2.05 bits per heavy atom. The van der Waals surface area contributed by atoms with E-state index in [-0.39, 0.29) is 4.90 Å². The Balaban J connectivity index is 2.48. The van der Waals surface area contributed by atoms with Crippen molar-refractivity contribution in [3.05, 3.63) is 28.5 Å². The van der Waals surface area contributed by atoms with Crippen LogP contribution >= 0.6 is 11.6 Å². The lowest BCUT2D eigenvalue weighted by Gasteiger charge is -2.13. The Kier molecular flexibility index (Phi) is 3.32. The van der Waals surface area contributed by atoms with Crippen LogP contribution in [0.1, 0.15) is 30.1 Å². The molecule has 2 rings (SSSR count). The van der Waals surface area contributed by atoms with Crippen LogP contribution in [0.25, 0.3) is 0 Å². The molecule has 0 radical (unpaired) electrons. The quantitative estimate of drug-likeness (QED) is 0.891. The molecule has 0 atom stereocenters. The number of rotatable bonds is 4. The summed E-state index contributed by atoms with van der Waals surface area (Å²) in [5, 5.41) is 8.27. The maximum Gasteiger partial charge on any atom is 0.338 e. The van der Waals surface area contributed by atoms with Crippen LogP contribution in [0, 0.1) is 5.82 Å². The van der Waals surface area contributed by atoms with Gasteiger partial charge < -0.3 is 5.11 Å². The summed E-state index contributed by atoms with van der Waals surface area (Å²) in [7, 11) is -3.92. The van der Waals surface area contributed by atoms with Crippen molar-refractivity contribution < 1.29 is 22.7 Å². The monoisotopic (exact) mass is 307 g/mol. The Bertz CT molecular complexity index is 655. The number of sulfonamides is 1. The molecule has 5 nitrogen and oxygen atoms in total. The number of carbonyl (C=O) groups is 1. The van der Waals surface area contributed by atoms with E-state index < -0.39 is 37.9 Å². The molecule has 0 aliphatic heterocycles. The lowest BCUT2D eigenvalue weighted by molar-refractivity contribution is 0.0691. The van der Waals surface area contributed by atoms with Crippen molar-refractivity contribution in [1.29, 1.82) is 0 Å². The molecular formula is C11H11ClFNO4S. The van der Waals surface area contributed by atoms with E-state index in [2.05, 4.69) is 4.72 Å². The van der Waals surface area contributed by atoms with Gasteiger partial charge in [-0.15, -0.1) is 0 Å². The van der Waals surface area contributed by atoms with E-state index in [1.54, 1.807) is 6.92 Å². The third kappa shape index (κ3) is 2.88. The summed E-state index contributed by atoms with van der Waals surface area (Å²) in [6, 6.07) is 1.66. The van der Waals surface area contributed by atoms with Gasteiger partial charge in [0, 0.05) is 5.54 Å². The molecule has 1 aliphatic carbocycles. The summed E-state index contributed by atoms with van der Waals surface area (Å²) in [5.74, 6) is -2.72. The van der Waals surface area contributed by atoms with E-state index in [1.807, 2.05) is 0 Å². The predicted molar refractivity (Wildman–Crippen MR) is 66.3 cm³/mol. The molecular weight excluding hydrogens is 297 g/mol. The van der Waals surface area contributed by atoms with E-state index >= 15 is 0 Å². The van der Waals surface area contributed by atoms with Crippen LogP contribution in [-0.2, 0) is 10.0 Å². The van der Waals surface area contributed by atoms with E-state index in [0.717, 1.165) is 12.1 Å². The second-order valence-corrected chi connectivity index (χ2v) is 6.83. The van der Waals surface area contributed by atoms with Gasteiger partial charge in [0.1, 0.15) is 0 Å². The van der Waals surface area contributed by atoms with Crippen molar-refractivity contribution in [3.8, 4) is 0 Å². The third-order valence-electron chi connectivity index (χ3n) is 2.92. The minimum atomic E-state index is -3.92. The standard InChI is InChI=1S/C11H11ClFNO4S/c1-11(2-3-11)14-19(17,18)6-4-7(10(15)16)9(13)8(12)5-6/h4-5,14H,2-3H2,1H3,(H,15,16). The fourth-order valence-corrected chi connectivity index (χ4v) is 3.35. The average Bonchev–Trinajstić information content (AvgIpc) is 2.98. The van der Waals surface area contributed by atoms with Gasteiger partial charge in [-0.25, -0.2) is 22.3 Å². The molecule has 1 aromatic carbocycles. The number of halogens is 2. The van der Waals surface area contributed by atoms with Gasteiger partial charge in [-0.3, -0.25) is 0 Å². The van der Waals surface area contributed by atoms with Crippen LogP contribution in [0.3, 0.4) is 0 Å². The van der Waals surface area contributed by atoms with Crippen LogP contribution in [0.15, 0.2) is 17.0 Å². The lowest BCUT2D eigenvalue weighted by atomic mass is 10.2. The molecule has 0 bridgehead atoms. The molecule has 8 heteroatoms. The van der Waals surface area contributed by atoms with Crippen molar-refractivity contribution in [3.63, 3.8) is 0 Å². The normalized spacial score (nSPS) is 17.2. The molecule has 1 saturated carbocycles. The summed E-state index contributed by atoms with van der Waals surface area (Å²) in [5.41, 5.74) is -1.28. The molecule has 1 aliphatic rings. The second kappa shape index (κ2) is 4.43. The first kappa shape index (κ1) is 14.2. The van der Waals surface area contributed by atoms with Crippen molar-refractivity contribution in [1.82, 2.24) is 4.72 Å². The fraction of sp³-hybridized carbons (Fsp3) is 0.364. The fourth-order valence-electron chi connectivity index (χ4n) is 1.55. The highest BCUT2D eigenvalue weighted by atomic mass is 35.5. The largest absolute Gasteiger partial charge is 0.478 e. The molecule has 19 heavy (non-hydrogen) atoms. The van der Waals surface area contributed by atoms with Crippen LogP contribution in [-0.4, -0.2) is 25.0 Å². The highest BCUT2D eigenvalue weighted by molar-refractivity contribution is 7.89. The van der Waals surface area contributed by atoms with Gasteiger partial charge in [-0.2, -0.15) is 0 Å². The first-order valence-electron chi connectivity index (χ1n) is 5.41. The lowest BCUT2D eigenvalue weighted by Crippen LogP contribution is -2.34. The molecule has 0 heterocycles. The minimum absolute atomic E-state index is 0.357. The molecule has 0 spiro atoms. The van der Waals surface area contributed by atoms with Gasteiger partial charge >= 0.3 is 5.97 Å². The van der Waals surface area contributed by atoms with Gasteiger partial charge in [0.05, 0.1) is 15.5 Å². The maximum absolute atomic E-state index is 13.4. The zero-order valence-electron chi connectivity index (χ0n) is 9.91. The molecule has 104 valence electrons. The third-order valence-corrected chi connectivity index (χ3v) is 4.82. The van der Waals surface area contributed by atoms with Gasteiger partial charge in [-0.1, -0.05) is 11.6 Å². The number of benzene rings is 1. The predicted octanol–water partition coefficient (Wildman–Crippen LogP) is 2.01. The summed E-state index contributed by atoms with van der Waals surface area (Å²) in [6.45, 7) is 1.73. The van der Waals surface area contributed by atoms with Gasteiger partial charge in [-0.05, 0) is 31.9 Å².